The number of aliphatic carboxylic acids is 1. The highest BCUT2D eigenvalue weighted by Gasteiger charge is 2.10. The molecule has 0 bridgehead atoms. The fourth-order valence-corrected chi connectivity index (χ4v) is 1.40. The van der Waals surface area contributed by atoms with Gasteiger partial charge in [0.05, 0.1) is 5.75 Å². The lowest BCUT2D eigenvalue weighted by Crippen LogP contribution is -2.30. The van der Waals surface area contributed by atoms with E-state index in [9.17, 15) is 9.59 Å². The van der Waals surface area contributed by atoms with E-state index in [-0.39, 0.29) is 5.78 Å². The maximum Gasteiger partial charge on any atom is 0.320 e. The van der Waals surface area contributed by atoms with Crippen LogP contribution in [0.25, 0.3) is 0 Å². The summed E-state index contributed by atoms with van der Waals surface area (Å²) in [5.74, 6) is 0.168. The monoisotopic (exact) mass is 221 g/mol. The number of nitrogens with two attached hydrogens (primary N) is 1. The quantitative estimate of drug-likeness (QED) is 0.657. The summed E-state index contributed by atoms with van der Waals surface area (Å²) in [5.41, 5.74) is 5.24. The molecule has 0 saturated heterocycles. The van der Waals surface area contributed by atoms with E-state index in [2.05, 4.69) is 0 Å². The molecule has 1 unspecified atom stereocenters. The molecule has 5 heteroatoms. The van der Waals surface area contributed by atoms with Crippen molar-refractivity contribution in [3.05, 3.63) is 0 Å². The van der Waals surface area contributed by atoms with Crippen LogP contribution >= 0.6 is 11.8 Å². The number of thioether (sulfide) groups is 1. The van der Waals surface area contributed by atoms with Crippen molar-refractivity contribution in [1.29, 1.82) is 0 Å². The van der Waals surface area contributed by atoms with Crippen LogP contribution in [0.2, 0.25) is 0 Å². The first-order valence-corrected chi connectivity index (χ1v) is 5.75. The average molecular weight is 221 g/mol. The first-order valence-electron chi connectivity index (χ1n) is 4.59. The fraction of sp³-hybridized carbons (Fsp3) is 0.778. The van der Waals surface area contributed by atoms with Crippen LogP contribution < -0.4 is 5.73 Å². The zero-order chi connectivity index (χ0) is 11.6. The topological polar surface area (TPSA) is 80.4 Å². The second-order valence-corrected chi connectivity index (χ2v) is 3.59. The van der Waals surface area contributed by atoms with Crippen LogP contribution in [-0.4, -0.2) is 34.4 Å². The summed E-state index contributed by atoms with van der Waals surface area (Å²) in [4.78, 5) is 20.7. The highest BCUT2D eigenvalue weighted by molar-refractivity contribution is 7.99. The normalized spacial score (nSPS) is 11.1. The van der Waals surface area contributed by atoms with Crippen LogP contribution in [-0.2, 0) is 9.59 Å². The summed E-state index contributed by atoms with van der Waals surface area (Å²) < 4.78 is 0. The second-order valence-electron chi connectivity index (χ2n) is 2.49. The van der Waals surface area contributed by atoms with Crippen molar-refractivity contribution in [3.8, 4) is 0 Å². The molecule has 0 heterocycles. The summed E-state index contributed by atoms with van der Waals surface area (Å²) in [5, 5.41) is 8.39. The van der Waals surface area contributed by atoms with E-state index in [1.807, 2.05) is 13.8 Å². The van der Waals surface area contributed by atoms with Crippen LogP contribution in [0.1, 0.15) is 27.2 Å². The molecule has 0 rings (SSSR count). The summed E-state index contributed by atoms with van der Waals surface area (Å²) in [7, 11) is 0. The van der Waals surface area contributed by atoms with Gasteiger partial charge in [0.2, 0.25) is 0 Å². The zero-order valence-corrected chi connectivity index (χ0v) is 9.76. The van der Waals surface area contributed by atoms with E-state index in [1.54, 1.807) is 0 Å². The molecule has 0 amide bonds. The number of ketones is 1. The molecule has 0 aromatic carbocycles. The Kier molecular flexibility index (Phi) is 12.0. The van der Waals surface area contributed by atoms with Crippen LogP contribution in [0.3, 0.4) is 0 Å². The first kappa shape index (κ1) is 15.9. The third-order valence-electron chi connectivity index (χ3n) is 1.20. The highest BCUT2D eigenvalue weighted by Crippen LogP contribution is 2.03. The molecule has 0 aromatic rings. The van der Waals surface area contributed by atoms with Gasteiger partial charge in [-0.3, -0.25) is 9.59 Å². The number of carboxylic acids is 1. The molecule has 4 nitrogen and oxygen atoms in total. The Morgan fingerprint density at radius 2 is 1.93 bits per heavy atom. The van der Waals surface area contributed by atoms with Gasteiger partial charge in [0, 0.05) is 0 Å². The van der Waals surface area contributed by atoms with Gasteiger partial charge in [0.1, 0.15) is 11.8 Å². The predicted octanol–water partition coefficient (Wildman–Crippen LogP) is 1.14. The molecule has 0 saturated carbocycles. The maximum atomic E-state index is 10.5. The molecule has 0 aliphatic carbocycles. The van der Waals surface area contributed by atoms with Gasteiger partial charge in [0.25, 0.3) is 0 Å². The molecule has 1 atom stereocenters. The van der Waals surface area contributed by atoms with Crippen molar-refractivity contribution in [3.63, 3.8) is 0 Å². The van der Waals surface area contributed by atoms with Crippen molar-refractivity contribution in [2.45, 2.75) is 33.2 Å². The van der Waals surface area contributed by atoms with E-state index >= 15 is 0 Å². The SMILES string of the molecule is CC.CC(=O)CSCCC(N)C(=O)O. The number of hydrogen-bond donors (Lipinski definition) is 2. The predicted molar refractivity (Wildman–Crippen MR) is 59.6 cm³/mol. The van der Waals surface area contributed by atoms with Gasteiger partial charge in [-0.1, -0.05) is 13.8 Å². The summed E-state index contributed by atoms with van der Waals surface area (Å²) in [6.07, 6.45) is 0.410. The minimum Gasteiger partial charge on any atom is -0.480 e. The molecular formula is C9H19NO3S. The summed E-state index contributed by atoms with van der Waals surface area (Å²) in [6.45, 7) is 5.50. The third kappa shape index (κ3) is 11.4. The second kappa shape index (κ2) is 10.5. The van der Waals surface area contributed by atoms with E-state index in [4.69, 9.17) is 10.8 Å². The van der Waals surface area contributed by atoms with Gasteiger partial charge in [-0.05, 0) is 19.1 Å². The van der Waals surface area contributed by atoms with Crippen LogP contribution in [0.4, 0.5) is 0 Å². The van der Waals surface area contributed by atoms with Crippen LogP contribution in [0, 0.1) is 0 Å². The smallest absolute Gasteiger partial charge is 0.320 e. The Balaban J connectivity index is 0. The number of carboxylic acid groups (broad SMARTS) is 1. The summed E-state index contributed by atoms with van der Waals surface area (Å²) >= 11 is 1.41. The largest absolute Gasteiger partial charge is 0.480 e. The number of carbonyl (C=O) groups excluding carboxylic acids is 1. The van der Waals surface area contributed by atoms with E-state index in [1.165, 1.54) is 18.7 Å². The Morgan fingerprint density at radius 1 is 1.43 bits per heavy atom. The molecule has 0 radical (unpaired) electrons. The Labute approximate surface area is 89.2 Å². The lowest BCUT2D eigenvalue weighted by molar-refractivity contribution is -0.138. The Bertz CT molecular complexity index is 173. The van der Waals surface area contributed by atoms with Gasteiger partial charge < -0.3 is 10.8 Å². The third-order valence-corrected chi connectivity index (χ3v) is 2.33. The number of hydrogen-bond acceptors (Lipinski definition) is 4. The van der Waals surface area contributed by atoms with Crippen LogP contribution in [0.15, 0.2) is 0 Å². The lowest BCUT2D eigenvalue weighted by Gasteiger charge is -2.04. The minimum absolute atomic E-state index is 0.101. The van der Waals surface area contributed by atoms with Gasteiger partial charge in [0.15, 0.2) is 0 Å². The molecule has 84 valence electrons. The molecule has 0 spiro atoms. The Hall–Kier alpha value is -0.550. The van der Waals surface area contributed by atoms with E-state index in [0.717, 1.165) is 0 Å². The first-order chi connectivity index (χ1) is 6.54. The number of rotatable bonds is 6. The molecule has 14 heavy (non-hydrogen) atoms. The molecule has 0 fully saturated rings. The van der Waals surface area contributed by atoms with Crippen molar-refractivity contribution in [2.24, 2.45) is 5.73 Å². The zero-order valence-electron chi connectivity index (χ0n) is 8.95. The lowest BCUT2D eigenvalue weighted by atomic mass is 10.2. The molecule has 0 aliphatic rings. The van der Waals surface area contributed by atoms with Crippen molar-refractivity contribution >= 4 is 23.5 Å². The average Bonchev–Trinajstić information content (AvgIpc) is 2.15. The van der Waals surface area contributed by atoms with Crippen LogP contribution in [0.5, 0.6) is 0 Å². The van der Waals surface area contributed by atoms with Gasteiger partial charge in [-0.2, -0.15) is 11.8 Å². The van der Waals surface area contributed by atoms with Crippen molar-refractivity contribution < 1.29 is 14.7 Å². The standard InChI is InChI=1S/C7H13NO3S.C2H6/c1-5(9)4-12-3-2-6(8)7(10)11;1-2/h6H,2-4,8H2,1H3,(H,10,11);1-2H3. The summed E-state index contributed by atoms with van der Waals surface area (Å²) in [6, 6.07) is -0.801. The Morgan fingerprint density at radius 3 is 2.29 bits per heavy atom. The van der Waals surface area contributed by atoms with Gasteiger partial charge >= 0.3 is 5.97 Å². The maximum absolute atomic E-state index is 10.5. The van der Waals surface area contributed by atoms with Gasteiger partial charge in [-0.15, -0.1) is 0 Å². The number of Topliss-reactive ketones (excluding diaryl/α,β-unsaturated/α-hetero) is 1. The molecule has 0 aliphatic heterocycles. The highest BCUT2D eigenvalue weighted by atomic mass is 32.2. The van der Waals surface area contributed by atoms with Crippen molar-refractivity contribution in [2.75, 3.05) is 11.5 Å². The molecular weight excluding hydrogens is 202 g/mol. The fourth-order valence-electron chi connectivity index (χ4n) is 0.550. The number of carbonyl (C=O) groups is 2. The molecule has 3 N–H and O–H groups in total. The van der Waals surface area contributed by atoms with E-state index < -0.39 is 12.0 Å². The van der Waals surface area contributed by atoms with E-state index in [0.29, 0.717) is 17.9 Å². The molecule has 0 aromatic heterocycles. The van der Waals surface area contributed by atoms with Crippen molar-refractivity contribution in [1.82, 2.24) is 0 Å². The van der Waals surface area contributed by atoms with Gasteiger partial charge in [-0.25, -0.2) is 0 Å². The minimum atomic E-state index is -0.988.